The SMILES string of the molecule is COc1ccc(S(=O)(=O)NCCN(CC(C)C)C(C)=O)c(OC)c1. The molecular formula is C16H26N2O5S. The van der Waals surface area contributed by atoms with Crippen LogP contribution >= 0.6 is 0 Å². The fraction of sp³-hybridized carbons (Fsp3) is 0.562. The zero-order valence-corrected chi connectivity index (χ0v) is 15.6. The molecular weight excluding hydrogens is 332 g/mol. The first kappa shape index (κ1) is 20.2. The molecule has 0 unspecified atom stereocenters. The molecule has 0 aliphatic rings. The molecule has 136 valence electrons. The summed E-state index contributed by atoms with van der Waals surface area (Å²) in [5.74, 6) is 0.940. The van der Waals surface area contributed by atoms with Gasteiger partial charge in [0.2, 0.25) is 15.9 Å². The van der Waals surface area contributed by atoms with Gasteiger partial charge in [-0.2, -0.15) is 0 Å². The van der Waals surface area contributed by atoms with E-state index in [-0.39, 0.29) is 23.1 Å². The van der Waals surface area contributed by atoms with E-state index in [4.69, 9.17) is 9.47 Å². The molecule has 0 radical (unpaired) electrons. The van der Waals surface area contributed by atoms with E-state index in [1.54, 1.807) is 11.0 Å². The van der Waals surface area contributed by atoms with Crippen LogP contribution in [-0.4, -0.2) is 53.1 Å². The maximum Gasteiger partial charge on any atom is 0.244 e. The van der Waals surface area contributed by atoms with E-state index in [1.807, 2.05) is 13.8 Å². The van der Waals surface area contributed by atoms with E-state index in [0.29, 0.717) is 24.8 Å². The molecule has 1 aromatic carbocycles. The number of hydrogen-bond acceptors (Lipinski definition) is 5. The number of nitrogens with one attached hydrogen (secondary N) is 1. The Kier molecular flexibility index (Phi) is 7.50. The minimum atomic E-state index is -3.75. The predicted octanol–water partition coefficient (Wildman–Crippen LogP) is 1.49. The van der Waals surface area contributed by atoms with Crippen LogP contribution in [0.25, 0.3) is 0 Å². The van der Waals surface area contributed by atoms with Crippen molar-refractivity contribution >= 4 is 15.9 Å². The lowest BCUT2D eigenvalue weighted by Crippen LogP contribution is -2.39. The first-order valence-corrected chi connectivity index (χ1v) is 9.16. The van der Waals surface area contributed by atoms with Gasteiger partial charge in [-0.1, -0.05) is 13.8 Å². The highest BCUT2D eigenvalue weighted by atomic mass is 32.2. The number of methoxy groups -OCH3 is 2. The summed E-state index contributed by atoms with van der Waals surface area (Å²) in [6.45, 7) is 6.51. The molecule has 24 heavy (non-hydrogen) atoms. The lowest BCUT2D eigenvalue weighted by Gasteiger charge is -2.23. The number of ether oxygens (including phenoxy) is 2. The van der Waals surface area contributed by atoms with Crippen molar-refractivity contribution in [2.45, 2.75) is 25.7 Å². The van der Waals surface area contributed by atoms with Gasteiger partial charge in [0.1, 0.15) is 16.4 Å². The van der Waals surface area contributed by atoms with Gasteiger partial charge in [0.05, 0.1) is 14.2 Å². The van der Waals surface area contributed by atoms with Crippen LogP contribution in [0, 0.1) is 5.92 Å². The predicted molar refractivity (Wildman–Crippen MR) is 91.8 cm³/mol. The number of amides is 1. The molecule has 0 saturated heterocycles. The van der Waals surface area contributed by atoms with Gasteiger partial charge in [0.25, 0.3) is 0 Å². The molecule has 1 amide bonds. The normalized spacial score (nSPS) is 11.4. The van der Waals surface area contributed by atoms with Crippen molar-refractivity contribution in [3.63, 3.8) is 0 Å². The zero-order valence-electron chi connectivity index (χ0n) is 14.8. The van der Waals surface area contributed by atoms with Crippen LogP contribution in [0.4, 0.5) is 0 Å². The molecule has 7 nitrogen and oxygen atoms in total. The van der Waals surface area contributed by atoms with Gasteiger partial charge in [-0.05, 0) is 18.1 Å². The summed E-state index contributed by atoms with van der Waals surface area (Å²) in [5, 5.41) is 0. The summed E-state index contributed by atoms with van der Waals surface area (Å²) in [5.41, 5.74) is 0. The molecule has 1 rings (SSSR count). The highest BCUT2D eigenvalue weighted by molar-refractivity contribution is 7.89. The summed E-state index contributed by atoms with van der Waals surface area (Å²) < 4.78 is 37.6. The topological polar surface area (TPSA) is 84.9 Å². The minimum Gasteiger partial charge on any atom is -0.497 e. The van der Waals surface area contributed by atoms with Crippen molar-refractivity contribution in [2.75, 3.05) is 33.9 Å². The average Bonchev–Trinajstić information content (AvgIpc) is 2.52. The van der Waals surface area contributed by atoms with Gasteiger partial charge in [-0.15, -0.1) is 0 Å². The van der Waals surface area contributed by atoms with Crippen LogP contribution in [0.3, 0.4) is 0 Å². The Bertz CT molecular complexity index is 658. The van der Waals surface area contributed by atoms with Crippen molar-refractivity contribution in [2.24, 2.45) is 5.92 Å². The van der Waals surface area contributed by atoms with E-state index >= 15 is 0 Å². The molecule has 0 aromatic heterocycles. The van der Waals surface area contributed by atoms with Gasteiger partial charge >= 0.3 is 0 Å². The third kappa shape index (κ3) is 5.68. The van der Waals surface area contributed by atoms with Crippen molar-refractivity contribution in [3.8, 4) is 11.5 Å². The van der Waals surface area contributed by atoms with E-state index in [1.165, 1.54) is 33.3 Å². The third-order valence-corrected chi connectivity index (χ3v) is 4.87. The number of rotatable bonds is 9. The van der Waals surface area contributed by atoms with Gasteiger partial charge in [0.15, 0.2) is 0 Å². The molecule has 0 aliphatic carbocycles. The lowest BCUT2D eigenvalue weighted by atomic mass is 10.2. The van der Waals surface area contributed by atoms with E-state index < -0.39 is 10.0 Å². The summed E-state index contributed by atoms with van der Waals surface area (Å²) in [7, 11) is -0.857. The van der Waals surface area contributed by atoms with Crippen LogP contribution < -0.4 is 14.2 Å². The molecule has 1 aromatic rings. The highest BCUT2D eigenvalue weighted by Gasteiger charge is 2.20. The molecule has 0 saturated carbocycles. The Morgan fingerprint density at radius 3 is 2.42 bits per heavy atom. The Hall–Kier alpha value is -1.80. The molecule has 0 heterocycles. The summed E-state index contributed by atoms with van der Waals surface area (Å²) in [6.07, 6.45) is 0. The number of carbonyl (C=O) groups excluding carboxylic acids is 1. The lowest BCUT2D eigenvalue weighted by molar-refractivity contribution is -0.129. The van der Waals surface area contributed by atoms with Gasteiger partial charge in [-0.3, -0.25) is 4.79 Å². The molecule has 0 aliphatic heterocycles. The number of carbonyl (C=O) groups is 1. The standard InChI is InChI=1S/C16H26N2O5S/c1-12(2)11-18(13(3)19)9-8-17-24(20,21)16-7-6-14(22-4)10-15(16)23-5/h6-7,10,12,17H,8-9,11H2,1-5H3. The van der Waals surface area contributed by atoms with Crippen LogP contribution in [0.1, 0.15) is 20.8 Å². The Labute approximate surface area is 144 Å². The average molecular weight is 358 g/mol. The maximum absolute atomic E-state index is 12.4. The quantitative estimate of drug-likeness (QED) is 0.723. The second-order valence-corrected chi connectivity index (χ2v) is 7.51. The number of nitrogens with zero attached hydrogens (tertiary/aromatic N) is 1. The maximum atomic E-state index is 12.4. The highest BCUT2D eigenvalue weighted by Crippen LogP contribution is 2.28. The second-order valence-electron chi connectivity index (χ2n) is 5.77. The first-order chi connectivity index (χ1) is 11.2. The van der Waals surface area contributed by atoms with Gasteiger partial charge in [-0.25, -0.2) is 13.1 Å². The molecule has 8 heteroatoms. The summed E-state index contributed by atoms with van der Waals surface area (Å²) in [6, 6.07) is 4.49. The fourth-order valence-corrected chi connectivity index (χ4v) is 3.38. The number of hydrogen-bond donors (Lipinski definition) is 1. The van der Waals surface area contributed by atoms with Crippen LogP contribution in [0.2, 0.25) is 0 Å². The Balaban J connectivity index is 2.81. The van der Waals surface area contributed by atoms with Gasteiger partial charge < -0.3 is 14.4 Å². The monoisotopic (exact) mass is 358 g/mol. The molecule has 1 N–H and O–H groups in total. The van der Waals surface area contributed by atoms with Crippen molar-refractivity contribution in [1.82, 2.24) is 9.62 Å². The van der Waals surface area contributed by atoms with E-state index in [9.17, 15) is 13.2 Å². The summed E-state index contributed by atoms with van der Waals surface area (Å²) in [4.78, 5) is 13.2. The first-order valence-electron chi connectivity index (χ1n) is 7.68. The molecule has 0 atom stereocenters. The van der Waals surface area contributed by atoms with Crippen molar-refractivity contribution in [3.05, 3.63) is 18.2 Å². The molecule has 0 bridgehead atoms. The third-order valence-electron chi connectivity index (χ3n) is 3.36. The molecule has 0 fully saturated rings. The van der Waals surface area contributed by atoms with Crippen molar-refractivity contribution < 1.29 is 22.7 Å². The number of sulfonamides is 1. The second kappa shape index (κ2) is 8.89. The van der Waals surface area contributed by atoms with Crippen molar-refractivity contribution in [1.29, 1.82) is 0 Å². The van der Waals surface area contributed by atoms with Crippen LogP contribution in [-0.2, 0) is 14.8 Å². The summed E-state index contributed by atoms with van der Waals surface area (Å²) >= 11 is 0. The van der Waals surface area contributed by atoms with E-state index in [0.717, 1.165) is 0 Å². The van der Waals surface area contributed by atoms with Crippen LogP contribution in [0.15, 0.2) is 23.1 Å². The Morgan fingerprint density at radius 1 is 1.25 bits per heavy atom. The number of benzene rings is 1. The fourth-order valence-electron chi connectivity index (χ4n) is 2.21. The smallest absolute Gasteiger partial charge is 0.244 e. The minimum absolute atomic E-state index is 0.0315. The Morgan fingerprint density at radius 2 is 1.92 bits per heavy atom. The zero-order chi connectivity index (χ0) is 18.3. The van der Waals surface area contributed by atoms with Gasteiger partial charge in [0, 0.05) is 32.6 Å². The largest absolute Gasteiger partial charge is 0.497 e. The van der Waals surface area contributed by atoms with Crippen LogP contribution in [0.5, 0.6) is 11.5 Å². The molecule has 0 spiro atoms. The van der Waals surface area contributed by atoms with E-state index in [2.05, 4.69) is 4.72 Å².